The first-order valence-corrected chi connectivity index (χ1v) is 9.24. The molecule has 3 rings (SSSR count). The number of alkyl halides is 3. The summed E-state index contributed by atoms with van der Waals surface area (Å²) in [5, 5.41) is 3.11. The van der Waals surface area contributed by atoms with Gasteiger partial charge in [-0.05, 0) is 36.8 Å². The van der Waals surface area contributed by atoms with Crippen molar-refractivity contribution in [2.24, 2.45) is 0 Å². The molecule has 144 valence electrons. The van der Waals surface area contributed by atoms with E-state index in [-0.39, 0.29) is 5.69 Å². The van der Waals surface area contributed by atoms with Crippen molar-refractivity contribution in [3.8, 4) is 0 Å². The van der Waals surface area contributed by atoms with E-state index in [1.807, 2.05) is 4.90 Å². The van der Waals surface area contributed by atoms with Crippen molar-refractivity contribution in [1.29, 1.82) is 0 Å². The van der Waals surface area contributed by atoms with E-state index in [0.29, 0.717) is 18.2 Å². The molecule has 0 bridgehead atoms. The maximum atomic E-state index is 13.1. The number of thiocarbonyl (C=S) groups is 1. The molecule has 0 saturated carbocycles. The summed E-state index contributed by atoms with van der Waals surface area (Å²) in [7, 11) is 0. The molecule has 2 aromatic rings. The second kappa shape index (κ2) is 8.27. The Bertz CT molecular complexity index is 782. The van der Waals surface area contributed by atoms with E-state index >= 15 is 0 Å². The minimum absolute atomic E-state index is 0.00270. The lowest BCUT2D eigenvalue weighted by Crippen LogP contribution is -2.49. The van der Waals surface area contributed by atoms with Crippen molar-refractivity contribution in [2.45, 2.75) is 19.6 Å². The van der Waals surface area contributed by atoms with Crippen molar-refractivity contribution in [3.05, 3.63) is 65.2 Å². The Kier molecular flexibility index (Phi) is 6.01. The fourth-order valence-electron chi connectivity index (χ4n) is 3.09. The highest BCUT2D eigenvalue weighted by Gasteiger charge is 2.33. The molecule has 7 heteroatoms. The maximum Gasteiger partial charge on any atom is 0.418 e. The number of nitrogens with one attached hydrogen (secondary N) is 1. The zero-order chi connectivity index (χ0) is 19.4. The van der Waals surface area contributed by atoms with Crippen LogP contribution < -0.4 is 5.32 Å². The van der Waals surface area contributed by atoms with Crippen LogP contribution in [0.5, 0.6) is 0 Å². The van der Waals surface area contributed by atoms with E-state index in [2.05, 4.69) is 41.4 Å². The first kappa shape index (κ1) is 19.6. The summed E-state index contributed by atoms with van der Waals surface area (Å²) >= 11 is 5.35. The number of halogens is 3. The molecule has 0 aromatic heterocycles. The lowest BCUT2D eigenvalue weighted by Gasteiger charge is -2.36. The topological polar surface area (TPSA) is 18.5 Å². The van der Waals surface area contributed by atoms with E-state index < -0.39 is 11.7 Å². The van der Waals surface area contributed by atoms with Crippen LogP contribution in [0, 0.1) is 6.92 Å². The Hall–Kier alpha value is -2.12. The minimum Gasteiger partial charge on any atom is -0.346 e. The number of para-hydroxylation sites is 1. The number of nitrogens with zero attached hydrogens (tertiary/aromatic N) is 2. The smallest absolute Gasteiger partial charge is 0.346 e. The molecule has 1 fully saturated rings. The highest BCUT2D eigenvalue weighted by atomic mass is 32.1. The third kappa shape index (κ3) is 5.20. The van der Waals surface area contributed by atoms with E-state index in [1.54, 1.807) is 6.07 Å². The Morgan fingerprint density at radius 2 is 1.63 bits per heavy atom. The van der Waals surface area contributed by atoms with Gasteiger partial charge in [0.05, 0.1) is 11.3 Å². The van der Waals surface area contributed by atoms with E-state index in [1.165, 1.54) is 23.3 Å². The first-order chi connectivity index (χ1) is 12.8. The molecule has 0 amide bonds. The number of anilines is 1. The van der Waals surface area contributed by atoms with Gasteiger partial charge in [-0.3, -0.25) is 4.90 Å². The summed E-state index contributed by atoms with van der Waals surface area (Å²) in [5.74, 6) is 0. The molecular weight excluding hydrogens is 371 g/mol. The normalized spacial score (nSPS) is 15.6. The quantitative estimate of drug-likeness (QED) is 0.772. The van der Waals surface area contributed by atoms with E-state index in [4.69, 9.17) is 12.2 Å². The van der Waals surface area contributed by atoms with Gasteiger partial charge in [0.25, 0.3) is 0 Å². The van der Waals surface area contributed by atoms with Gasteiger partial charge < -0.3 is 10.2 Å². The first-order valence-electron chi connectivity index (χ1n) is 8.83. The molecule has 1 N–H and O–H groups in total. The SMILES string of the molecule is Cc1ccc(CN2CCN(C(=S)Nc3ccccc3C(F)(F)F)CC2)cc1. The van der Waals surface area contributed by atoms with Gasteiger partial charge in [-0.25, -0.2) is 0 Å². The van der Waals surface area contributed by atoms with Gasteiger partial charge in [-0.15, -0.1) is 0 Å². The van der Waals surface area contributed by atoms with Gasteiger partial charge in [0.1, 0.15) is 0 Å². The van der Waals surface area contributed by atoms with E-state index in [0.717, 1.165) is 25.7 Å². The molecule has 0 radical (unpaired) electrons. The average molecular weight is 393 g/mol. The van der Waals surface area contributed by atoms with Crippen molar-refractivity contribution < 1.29 is 13.2 Å². The third-order valence-corrected chi connectivity index (χ3v) is 5.02. The third-order valence-electron chi connectivity index (χ3n) is 4.66. The number of hydrogen-bond acceptors (Lipinski definition) is 2. The zero-order valence-electron chi connectivity index (χ0n) is 15.1. The Balaban J connectivity index is 1.55. The van der Waals surface area contributed by atoms with Crippen LogP contribution in [0.25, 0.3) is 0 Å². The summed E-state index contributed by atoms with van der Waals surface area (Å²) in [6.07, 6.45) is -4.41. The zero-order valence-corrected chi connectivity index (χ0v) is 15.9. The lowest BCUT2D eigenvalue weighted by molar-refractivity contribution is -0.136. The number of benzene rings is 2. The number of rotatable bonds is 3. The highest BCUT2D eigenvalue weighted by molar-refractivity contribution is 7.80. The summed E-state index contributed by atoms with van der Waals surface area (Å²) in [5.41, 5.74) is 1.79. The van der Waals surface area contributed by atoms with Crippen LogP contribution >= 0.6 is 12.2 Å². The number of piperazine rings is 1. The second-order valence-electron chi connectivity index (χ2n) is 6.72. The molecule has 1 aliphatic heterocycles. The molecule has 0 aliphatic carbocycles. The van der Waals surface area contributed by atoms with Crippen molar-refractivity contribution in [2.75, 3.05) is 31.5 Å². The Morgan fingerprint density at radius 3 is 2.26 bits per heavy atom. The monoisotopic (exact) mass is 393 g/mol. The molecule has 1 saturated heterocycles. The minimum atomic E-state index is -4.41. The fourth-order valence-corrected chi connectivity index (χ4v) is 3.39. The summed E-state index contributed by atoms with van der Waals surface area (Å²) in [4.78, 5) is 4.25. The van der Waals surface area contributed by atoms with Crippen LogP contribution in [0.2, 0.25) is 0 Å². The van der Waals surface area contributed by atoms with Crippen LogP contribution in [-0.4, -0.2) is 41.1 Å². The van der Waals surface area contributed by atoms with Crippen LogP contribution in [0.4, 0.5) is 18.9 Å². The van der Waals surface area contributed by atoms with Crippen molar-refractivity contribution >= 4 is 23.0 Å². The van der Waals surface area contributed by atoms with Gasteiger partial charge in [-0.2, -0.15) is 13.2 Å². The number of aryl methyl sites for hydroxylation is 1. The van der Waals surface area contributed by atoms with Gasteiger partial charge in [0.15, 0.2) is 5.11 Å². The van der Waals surface area contributed by atoms with Gasteiger partial charge in [0, 0.05) is 32.7 Å². The Morgan fingerprint density at radius 1 is 1.00 bits per heavy atom. The molecule has 0 unspecified atom stereocenters. The van der Waals surface area contributed by atoms with Crippen LogP contribution in [0.15, 0.2) is 48.5 Å². The predicted octanol–water partition coefficient (Wildman–Crippen LogP) is 4.53. The molecule has 0 spiro atoms. The molecule has 27 heavy (non-hydrogen) atoms. The van der Waals surface area contributed by atoms with Crippen molar-refractivity contribution in [3.63, 3.8) is 0 Å². The fraction of sp³-hybridized carbons (Fsp3) is 0.350. The maximum absolute atomic E-state index is 13.1. The Labute approximate surface area is 162 Å². The van der Waals surface area contributed by atoms with Crippen molar-refractivity contribution in [1.82, 2.24) is 9.80 Å². The molecule has 2 aromatic carbocycles. The molecule has 1 heterocycles. The largest absolute Gasteiger partial charge is 0.418 e. The van der Waals surface area contributed by atoms with Gasteiger partial charge in [0.2, 0.25) is 0 Å². The standard InChI is InChI=1S/C20H22F3N3S/c1-15-6-8-16(9-7-15)14-25-10-12-26(13-11-25)19(27)24-18-5-3-2-4-17(18)20(21,22)23/h2-9H,10-14H2,1H3,(H,24,27). The summed E-state index contributed by atoms with van der Waals surface area (Å²) in [6.45, 7) is 5.93. The highest BCUT2D eigenvalue weighted by Crippen LogP contribution is 2.34. The number of hydrogen-bond donors (Lipinski definition) is 1. The summed E-state index contributed by atoms with van der Waals surface area (Å²) in [6, 6.07) is 13.9. The second-order valence-corrected chi connectivity index (χ2v) is 7.11. The molecule has 0 atom stereocenters. The van der Waals surface area contributed by atoms with Crippen LogP contribution in [0.1, 0.15) is 16.7 Å². The van der Waals surface area contributed by atoms with Crippen LogP contribution in [-0.2, 0) is 12.7 Å². The molecule has 1 aliphatic rings. The van der Waals surface area contributed by atoms with Gasteiger partial charge in [-0.1, -0.05) is 42.0 Å². The van der Waals surface area contributed by atoms with Gasteiger partial charge >= 0.3 is 6.18 Å². The molecular formula is C20H22F3N3S. The van der Waals surface area contributed by atoms with Crippen LogP contribution in [0.3, 0.4) is 0 Å². The predicted molar refractivity (Wildman–Crippen MR) is 106 cm³/mol. The lowest BCUT2D eigenvalue weighted by atomic mass is 10.1. The molecule has 3 nitrogen and oxygen atoms in total. The van der Waals surface area contributed by atoms with E-state index in [9.17, 15) is 13.2 Å². The average Bonchev–Trinajstić information content (AvgIpc) is 2.64. The summed E-state index contributed by atoms with van der Waals surface area (Å²) < 4.78 is 39.4.